The SMILES string of the molecule is CCCCCOC(=O)[C]12[CH]3[CH]4[CH]5[CH]1[Ti]45321678[CH]2[CH]1[CH]6[CH]7[CH]28. The van der Waals surface area contributed by atoms with Crippen molar-refractivity contribution in [3.8, 4) is 0 Å². The van der Waals surface area contributed by atoms with Crippen LogP contribution in [0.2, 0.25) is 41.7 Å². The molecule has 0 N–H and O–H groups in total. The Bertz CT molecular complexity index is 928. The third kappa shape index (κ3) is 0.0939. The number of esters is 1. The molecule has 0 radical (unpaired) electrons. The number of hydrogen-bond acceptors (Lipinski definition) is 2. The molecule has 10 rings (SSSR count). The molecule has 3 heteroatoms. The van der Waals surface area contributed by atoms with Crippen molar-refractivity contribution in [1.29, 1.82) is 0 Å². The molecule has 100 valence electrons. The second-order valence-corrected chi connectivity index (χ2v) is 48.0. The van der Waals surface area contributed by atoms with Crippen molar-refractivity contribution >= 4 is 5.97 Å². The molecule has 0 aromatic rings. The van der Waals surface area contributed by atoms with Gasteiger partial charge in [0.25, 0.3) is 0 Å². The molecule has 19 heavy (non-hydrogen) atoms. The van der Waals surface area contributed by atoms with Gasteiger partial charge in [-0.25, -0.2) is 0 Å². The first-order chi connectivity index (χ1) is 9.03. The van der Waals surface area contributed by atoms with Crippen molar-refractivity contribution in [3.63, 3.8) is 0 Å². The number of rotatable bonds is 5. The first-order valence-corrected chi connectivity index (χ1v) is 18.1. The summed E-state index contributed by atoms with van der Waals surface area (Å²) in [4.78, 5) is 13.0. The van der Waals surface area contributed by atoms with Crippen molar-refractivity contribution in [2.24, 2.45) is 0 Å². The Hall–Kier alpha value is 0.184. The van der Waals surface area contributed by atoms with Gasteiger partial charge in [0.15, 0.2) is 0 Å². The molecule has 0 saturated carbocycles. The van der Waals surface area contributed by atoms with Crippen LogP contribution < -0.4 is 0 Å². The molecule has 1 spiro atoms. The number of hydrogen-bond donors (Lipinski definition) is 0. The maximum absolute atomic E-state index is 13.0. The summed E-state index contributed by atoms with van der Waals surface area (Å²) in [7, 11) is -3.56. The summed E-state index contributed by atoms with van der Waals surface area (Å²) in [5, 5.41) is 0. The molecule has 0 aliphatic carbocycles. The summed E-state index contributed by atoms with van der Waals surface area (Å²) in [5.74, 6) is 0.395. The monoisotopic (exact) mass is 292 g/mol. The van der Waals surface area contributed by atoms with Crippen LogP contribution >= 0.6 is 0 Å². The average molecular weight is 292 g/mol. The van der Waals surface area contributed by atoms with E-state index < -0.39 is 8.89 Å². The minimum atomic E-state index is -3.56. The van der Waals surface area contributed by atoms with Gasteiger partial charge in [-0.2, -0.15) is 0 Å². The maximum atomic E-state index is 13.0. The van der Waals surface area contributed by atoms with Crippen molar-refractivity contribution in [1.82, 2.24) is 0 Å². The molecular formula is C16H20O2Ti. The van der Waals surface area contributed by atoms with Gasteiger partial charge in [-0.1, -0.05) is 0 Å². The molecule has 10 heterocycles. The van der Waals surface area contributed by atoms with Crippen molar-refractivity contribution in [3.05, 3.63) is 0 Å². The van der Waals surface area contributed by atoms with Crippen LogP contribution in [0.25, 0.3) is 0 Å². The third-order valence-electron chi connectivity index (χ3n) is 21.6. The molecule has 0 aromatic carbocycles. The van der Waals surface area contributed by atoms with Crippen LogP contribution in [0.1, 0.15) is 26.2 Å². The quantitative estimate of drug-likeness (QED) is 0.424. The van der Waals surface area contributed by atoms with Gasteiger partial charge in [0.1, 0.15) is 0 Å². The van der Waals surface area contributed by atoms with Gasteiger partial charge in [-0.15, -0.1) is 0 Å². The molecule has 10 fully saturated rings. The fourth-order valence-corrected chi connectivity index (χ4v) is 146. The van der Waals surface area contributed by atoms with Crippen molar-refractivity contribution in [2.45, 2.75) is 67.9 Å². The zero-order chi connectivity index (χ0) is 12.1. The summed E-state index contributed by atoms with van der Waals surface area (Å²) in [6, 6.07) is 0. The zero-order valence-corrected chi connectivity index (χ0v) is 12.9. The molecular weight excluding hydrogens is 272 g/mol. The number of fused-ring (bicyclic) bond motifs is 10. The fourth-order valence-electron chi connectivity index (χ4n) is 25.0. The number of ether oxygens (including phenoxy) is 1. The molecule has 4 unspecified atom stereocenters. The Morgan fingerprint density at radius 2 is 1.58 bits per heavy atom. The molecule has 0 amide bonds. The molecule has 2 nitrogen and oxygen atoms in total. The first kappa shape index (κ1) is 7.99. The van der Waals surface area contributed by atoms with E-state index >= 15 is 0 Å². The summed E-state index contributed by atoms with van der Waals surface area (Å²) >= 11 is 0. The number of carbonyl (C=O) groups excluding carboxylic acids is 1. The van der Waals surface area contributed by atoms with Gasteiger partial charge in [0, 0.05) is 0 Å². The van der Waals surface area contributed by atoms with E-state index in [0.29, 0.717) is 9.69 Å². The predicted molar refractivity (Wildman–Crippen MR) is 66.9 cm³/mol. The van der Waals surface area contributed by atoms with E-state index in [1.165, 1.54) is 42.4 Å². The molecule has 0 bridgehead atoms. The summed E-state index contributed by atoms with van der Waals surface area (Å²) in [6.45, 7) is 2.95. The van der Waals surface area contributed by atoms with Crippen LogP contribution in [-0.2, 0) is 18.4 Å². The molecule has 10 saturated heterocycles. The Morgan fingerprint density at radius 3 is 1.95 bits per heavy atom. The van der Waals surface area contributed by atoms with Crippen LogP contribution in [0, 0.1) is 0 Å². The fraction of sp³-hybridized carbons (Fsp3) is 0.938. The summed E-state index contributed by atoms with van der Waals surface area (Å²) < 4.78 is 17.3. The molecule has 10 aliphatic heterocycles. The van der Waals surface area contributed by atoms with E-state index in [0.717, 1.165) is 21.5 Å². The Kier molecular flexibility index (Phi) is 0.304. The van der Waals surface area contributed by atoms with Crippen LogP contribution in [0.3, 0.4) is 0 Å². The number of carbonyl (C=O) groups is 1. The van der Waals surface area contributed by atoms with Gasteiger partial charge in [-0.3, -0.25) is 0 Å². The van der Waals surface area contributed by atoms with Gasteiger partial charge >= 0.3 is 98.9 Å². The van der Waals surface area contributed by atoms with Gasteiger partial charge < -0.3 is 0 Å². The van der Waals surface area contributed by atoms with Crippen molar-refractivity contribution in [2.75, 3.05) is 6.61 Å². The van der Waals surface area contributed by atoms with Gasteiger partial charge in [0.2, 0.25) is 0 Å². The normalized spacial score (nSPS) is 108. The Labute approximate surface area is 98.7 Å². The van der Waals surface area contributed by atoms with Crippen LogP contribution in [0.5, 0.6) is 0 Å². The molecule has 10 aliphatic rings. The first-order valence-electron chi connectivity index (χ1n) is 9.25. The van der Waals surface area contributed by atoms with E-state index in [1.807, 2.05) is 0 Å². The average Bonchev–Trinajstić information content (AvgIpc) is 3.36. The topological polar surface area (TPSA) is 26.3 Å². The van der Waals surface area contributed by atoms with E-state index in [1.54, 1.807) is 0 Å². The second kappa shape index (κ2) is 0.723. The van der Waals surface area contributed by atoms with E-state index in [4.69, 9.17) is 4.74 Å². The standard InChI is InChI=1S/C11H15O2.C5H5.Ti/c1-2-3-6-9-13-11(12)10-7-4-5-8-10;1-2-4-5-3-1;/h4-5,7-8H,2-3,6,9H2,1H3;1-5H;. The Morgan fingerprint density at radius 1 is 1.00 bits per heavy atom. The molecule has 4 atom stereocenters. The number of unbranched alkanes of at least 4 members (excludes halogenated alkanes) is 2. The minimum absolute atomic E-state index is 0.364. The van der Waals surface area contributed by atoms with Gasteiger partial charge in [-0.05, 0) is 0 Å². The summed E-state index contributed by atoms with van der Waals surface area (Å²) in [5.41, 5.74) is 0. The second-order valence-electron chi connectivity index (χ2n) is 14.6. The zero-order valence-electron chi connectivity index (χ0n) is 11.3. The van der Waals surface area contributed by atoms with Crippen molar-refractivity contribution < 1.29 is 18.4 Å². The van der Waals surface area contributed by atoms with E-state index in [2.05, 4.69) is 6.92 Å². The van der Waals surface area contributed by atoms with Gasteiger partial charge in [0.05, 0.1) is 0 Å². The Balaban J connectivity index is 1.22. The van der Waals surface area contributed by atoms with Crippen LogP contribution in [0.15, 0.2) is 0 Å². The predicted octanol–water partition coefficient (Wildman–Crippen LogP) is 4.48. The third-order valence-corrected chi connectivity index (χ3v) is 81.4. The van der Waals surface area contributed by atoms with E-state index in [-0.39, 0.29) is 0 Å². The van der Waals surface area contributed by atoms with Crippen LogP contribution in [0.4, 0.5) is 0 Å². The van der Waals surface area contributed by atoms with Crippen LogP contribution in [-0.4, -0.2) is 12.6 Å². The summed E-state index contributed by atoms with van der Waals surface area (Å²) in [6.07, 6.45) is 3.54. The van der Waals surface area contributed by atoms with E-state index in [9.17, 15) is 4.79 Å². The molecule has 0 aromatic heterocycles.